The monoisotopic (exact) mass is 609 g/mol. The number of amides is 2. The van der Waals surface area contributed by atoms with Gasteiger partial charge in [0, 0.05) is 29.5 Å². The van der Waals surface area contributed by atoms with Crippen molar-refractivity contribution >= 4 is 56.6 Å². The van der Waals surface area contributed by atoms with Gasteiger partial charge in [-0.15, -0.1) is 11.3 Å². The first-order chi connectivity index (χ1) is 19.7. The number of carbonyl (C=O) groups is 2. The molecule has 1 saturated heterocycles. The van der Waals surface area contributed by atoms with Crippen LogP contribution in [0.1, 0.15) is 27.1 Å². The summed E-state index contributed by atoms with van der Waals surface area (Å²) < 4.78 is 39.7. The van der Waals surface area contributed by atoms with E-state index in [4.69, 9.17) is 12.2 Å². The predicted molar refractivity (Wildman–Crippen MR) is 159 cm³/mol. The van der Waals surface area contributed by atoms with Crippen LogP contribution in [-0.2, 0) is 35.2 Å². The first kappa shape index (κ1) is 28.7. The van der Waals surface area contributed by atoms with Crippen LogP contribution in [0, 0.1) is 0 Å². The lowest BCUT2D eigenvalue weighted by molar-refractivity contribution is -0.137. The van der Waals surface area contributed by atoms with Crippen molar-refractivity contribution in [3.05, 3.63) is 129 Å². The number of alkyl halides is 3. The summed E-state index contributed by atoms with van der Waals surface area (Å²) >= 11 is 7.77. The molecule has 41 heavy (non-hydrogen) atoms. The number of thioether (sulfide) groups is 1. The van der Waals surface area contributed by atoms with Crippen LogP contribution in [0.5, 0.6) is 0 Å². The number of hydrogen-bond acceptors (Lipinski definition) is 6. The summed E-state index contributed by atoms with van der Waals surface area (Å²) in [6.07, 6.45) is -2.48. The zero-order chi connectivity index (χ0) is 29.0. The molecule has 0 spiro atoms. The molecule has 0 aliphatic carbocycles. The van der Waals surface area contributed by atoms with Gasteiger partial charge in [0.1, 0.15) is 4.32 Å². The van der Waals surface area contributed by atoms with Crippen LogP contribution in [0.15, 0.2) is 102 Å². The second kappa shape index (κ2) is 12.4. The molecule has 1 aliphatic rings. The fourth-order valence-corrected chi connectivity index (χ4v) is 6.38. The second-order valence-electron chi connectivity index (χ2n) is 9.18. The largest absolute Gasteiger partial charge is 0.416 e. The van der Waals surface area contributed by atoms with Crippen molar-refractivity contribution in [1.82, 2.24) is 9.88 Å². The standard InChI is InChI=1S/C30H22F3N3O2S3/c31-30(32,33)22-13-7-12-21(14-22)15-23-17-34-28(40-23)35-26(37)24(16-19-8-3-1-4-9-19)25-27(38)36(29(39)41-25)18-20-10-5-2-6-11-20/h1-14,17H,15-16,18H2,(H,34,35,37)/b25-24+. The van der Waals surface area contributed by atoms with Crippen molar-refractivity contribution in [2.75, 3.05) is 5.32 Å². The maximum absolute atomic E-state index is 13.6. The van der Waals surface area contributed by atoms with E-state index in [1.807, 2.05) is 60.7 Å². The summed E-state index contributed by atoms with van der Waals surface area (Å²) in [7, 11) is 0. The Bertz CT molecular complexity index is 1620. The predicted octanol–water partition coefficient (Wildman–Crippen LogP) is 7.25. The van der Waals surface area contributed by atoms with Gasteiger partial charge in [-0.1, -0.05) is 103 Å². The fourth-order valence-electron chi connectivity index (χ4n) is 4.23. The zero-order valence-corrected chi connectivity index (χ0v) is 23.8. The highest BCUT2D eigenvalue weighted by atomic mass is 32.2. The molecule has 0 saturated carbocycles. The molecule has 0 atom stereocenters. The zero-order valence-electron chi connectivity index (χ0n) is 21.4. The topological polar surface area (TPSA) is 62.3 Å². The molecule has 1 N–H and O–H groups in total. The lowest BCUT2D eigenvalue weighted by Crippen LogP contribution is -2.28. The normalized spacial score (nSPS) is 14.9. The van der Waals surface area contributed by atoms with Gasteiger partial charge in [0.05, 0.1) is 17.0 Å². The molecule has 208 valence electrons. The lowest BCUT2D eigenvalue weighted by atomic mass is 10.0. The van der Waals surface area contributed by atoms with Crippen molar-refractivity contribution in [2.24, 2.45) is 0 Å². The van der Waals surface area contributed by atoms with Gasteiger partial charge < -0.3 is 0 Å². The second-order valence-corrected chi connectivity index (χ2v) is 11.9. The van der Waals surface area contributed by atoms with Crippen molar-refractivity contribution in [1.29, 1.82) is 0 Å². The van der Waals surface area contributed by atoms with E-state index in [9.17, 15) is 22.8 Å². The molecule has 5 nitrogen and oxygen atoms in total. The third-order valence-corrected chi connectivity index (χ3v) is 8.61. The third-order valence-electron chi connectivity index (χ3n) is 6.21. The summed E-state index contributed by atoms with van der Waals surface area (Å²) in [6.45, 7) is 0.292. The van der Waals surface area contributed by atoms with Crippen LogP contribution in [-0.4, -0.2) is 26.0 Å². The average molecular weight is 610 g/mol. The van der Waals surface area contributed by atoms with Crippen molar-refractivity contribution < 1.29 is 22.8 Å². The van der Waals surface area contributed by atoms with Crippen LogP contribution < -0.4 is 5.32 Å². The molecule has 0 unspecified atom stereocenters. The van der Waals surface area contributed by atoms with Crippen LogP contribution in [0.25, 0.3) is 0 Å². The van der Waals surface area contributed by atoms with Crippen LogP contribution >= 0.6 is 35.3 Å². The van der Waals surface area contributed by atoms with Crippen molar-refractivity contribution in [3.63, 3.8) is 0 Å². The number of halogens is 3. The van der Waals surface area contributed by atoms with Gasteiger partial charge in [-0.2, -0.15) is 13.2 Å². The highest BCUT2D eigenvalue weighted by Gasteiger charge is 2.36. The number of anilines is 1. The highest BCUT2D eigenvalue weighted by Crippen LogP contribution is 2.36. The maximum atomic E-state index is 13.6. The molecule has 1 aliphatic heterocycles. The number of aromatic nitrogens is 1. The van der Waals surface area contributed by atoms with E-state index in [1.165, 1.54) is 17.2 Å². The minimum absolute atomic E-state index is 0.199. The summed E-state index contributed by atoms with van der Waals surface area (Å²) in [5.41, 5.74) is 1.78. The lowest BCUT2D eigenvalue weighted by Gasteiger charge is -2.15. The number of benzene rings is 3. The molecule has 3 aromatic carbocycles. The Kier molecular flexibility index (Phi) is 8.67. The van der Waals surface area contributed by atoms with Gasteiger partial charge in [-0.25, -0.2) is 4.98 Å². The number of thiocarbonyl (C=S) groups is 1. The Morgan fingerprint density at radius 2 is 1.59 bits per heavy atom. The van der Waals surface area contributed by atoms with Gasteiger partial charge in [-0.3, -0.25) is 19.8 Å². The fraction of sp³-hybridized carbons (Fsp3) is 0.133. The summed E-state index contributed by atoms with van der Waals surface area (Å²) in [5.74, 6) is -0.830. The Hall–Kier alpha value is -3.80. The van der Waals surface area contributed by atoms with Crippen LogP contribution in [0.4, 0.5) is 18.3 Å². The Balaban J connectivity index is 1.37. The van der Waals surface area contributed by atoms with E-state index >= 15 is 0 Å². The van der Waals surface area contributed by atoms with E-state index in [0.717, 1.165) is 46.4 Å². The first-order valence-electron chi connectivity index (χ1n) is 12.4. The van der Waals surface area contributed by atoms with E-state index in [2.05, 4.69) is 10.3 Å². The van der Waals surface area contributed by atoms with Crippen molar-refractivity contribution in [2.45, 2.75) is 25.6 Å². The van der Waals surface area contributed by atoms with Gasteiger partial charge in [0.2, 0.25) is 0 Å². The van der Waals surface area contributed by atoms with Crippen LogP contribution in [0.3, 0.4) is 0 Å². The summed E-state index contributed by atoms with van der Waals surface area (Å²) in [4.78, 5) is 33.8. The van der Waals surface area contributed by atoms with E-state index in [-0.39, 0.29) is 34.4 Å². The van der Waals surface area contributed by atoms with E-state index in [1.54, 1.807) is 6.07 Å². The molecule has 11 heteroatoms. The molecule has 2 amide bonds. The van der Waals surface area contributed by atoms with E-state index in [0.29, 0.717) is 21.3 Å². The number of nitrogens with zero attached hydrogens (tertiary/aromatic N) is 2. The molecule has 1 fully saturated rings. The summed E-state index contributed by atoms with van der Waals surface area (Å²) in [5, 5.41) is 3.06. The molecule has 4 aromatic rings. The molecule has 0 bridgehead atoms. The Morgan fingerprint density at radius 3 is 2.27 bits per heavy atom. The number of hydrogen-bond donors (Lipinski definition) is 1. The number of carbonyl (C=O) groups excluding carboxylic acids is 2. The Labute approximate surface area is 248 Å². The molecular weight excluding hydrogens is 588 g/mol. The average Bonchev–Trinajstić information content (AvgIpc) is 3.51. The molecular formula is C30H22F3N3O2S3. The van der Waals surface area contributed by atoms with Gasteiger partial charge in [-0.05, 0) is 22.8 Å². The molecule has 0 radical (unpaired) electrons. The molecule has 2 heterocycles. The quantitative estimate of drug-likeness (QED) is 0.169. The smallest absolute Gasteiger partial charge is 0.298 e. The summed E-state index contributed by atoms with van der Waals surface area (Å²) in [6, 6.07) is 23.9. The molecule has 1 aromatic heterocycles. The van der Waals surface area contributed by atoms with Crippen molar-refractivity contribution in [3.8, 4) is 0 Å². The minimum Gasteiger partial charge on any atom is -0.298 e. The van der Waals surface area contributed by atoms with Gasteiger partial charge in [0.25, 0.3) is 11.8 Å². The van der Waals surface area contributed by atoms with Crippen LogP contribution in [0.2, 0.25) is 0 Å². The first-order valence-corrected chi connectivity index (χ1v) is 14.5. The number of nitrogens with one attached hydrogen (secondary N) is 1. The number of thiazole rings is 1. The van der Waals surface area contributed by atoms with Gasteiger partial charge in [0.15, 0.2) is 5.13 Å². The minimum atomic E-state index is -4.43. The highest BCUT2D eigenvalue weighted by molar-refractivity contribution is 8.26. The molecule has 5 rings (SSSR count). The van der Waals surface area contributed by atoms with Gasteiger partial charge >= 0.3 is 6.18 Å². The maximum Gasteiger partial charge on any atom is 0.416 e. The number of rotatable bonds is 8. The third kappa shape index (κ3) is 7.10. The SMILES string of the molecule is O=C(Nc1ncc(Cc2cccc(C(F)(F)F)c2)s1)/C(Cc1ccccc1)=C1/SC(=S)N(Cc2ccccc2)C1=O. The van der Waals surface area contributed by atoms with E-state index < -0.39 is 17.6 Å². The Morgan fingerprint density at radius 1 is 0.927 bits per heavy atom.